The van der Waals surface area contributed by atoms with Gasteiger partial charge in [0.15, 0.2) is 0 Å². The van der Waals surface area contributed by atoms with E-state index in [-0.39, 0.29) is 11.3 Å². The van der Waals surface area contributed by atoms with E-state index in [2.05, 4.69) is 15.8 Å². The lowest BCUT2D eigenvalue weighted by atomic mass is 10.1. The van der Waals surface area contributed by atoms with Gasteiger partial charge in [0.25, 0.3) is 0 Å². The van der Waals surface area contributed by atoms with E-state index >= 15 is 0 Å². The number of halogens is 2. The van der Waals surface area contributed by atoms with Gasteiger partial charge in [-0.1, -0.05) is 48.5 Å². The maximum absolute atomic E-state index is 12.5. The van der Waals surface area contributed by atoms with E-state index in [0.717, 1.165) is 11.3 Å². The summed E-state index contributed by atoms with van der Waals surface area (Å²) in [5.74, 6) is 0.0186. The molecule has 0 aliphatic carbocycles. The number of alkyl halides is 2. The van der Waals surface area contributed by atoms with Gasteiger partial charge in [-0.2, -0.15) is 14.0 Å². The van der Waals surface area contributed by atoms with E-state index in [1.54, 1.807) is 18.2 Å². The number of aromatic nitrogens is 1. The van der Waals surface area contributed by atoms with Gasteiger partial charge in [-0.25, -0.2) is 4.98 Å². The van der Waals surface area contributed by atoms with Crippen LogP contribution < -0.4 is 4.74 Å². The van der Waals surface area contributed by atoms with Crippen LogP contribution in [0.3, 0.4) is 0 Å². The van der Waals surface area contributed by atoms with E-state index in [1.165, 1.54) is 23.5 Å². The van der Waals surface area contributed by atoms with Gasteiger partial charge in [0, 0.05) is 16.5 Å². The van der Waals surface area contributed by atoms with Crippen LogP contribution in [0.5, 0.6) is 5.75 Å². The van der Waals surface area contributed by atoms with Crippen LogP contribution in [0.2, 0.25) is 0 Å². The van der Waals surface area contributed by atoms with Crippen molar-refractivity contribution in [3.8, 4) is 23.1 Å². The Morgan fingerprint density at radius 3 is 2.56 bits per heavy atom. The van der Waals surface area contributed by atoms with Crippen molar-refractivity contribution in [3.63, 3.8) is 0 Å². The van der Waals surface area contributed by atoms with E-state index < -0.39 is 6.61 Å². The third-order valence-corrected chi connectivity index (χ3v) is 4.24. The minimum Gasteiger partial charge on any atom is -0.434 e. The largest absolute Gasteiger partial charge is 0.434 e. The zero-order valence-electron chi connectivity index (χ0n) is 12.9. The predicted octanol–water partition coefficient (Wildman–Crippen LogP) is 5.48. The number of ether oxygens (including phenoxy) is 1. The molecule has 0 saturated carbocycles. The first kappa shape index (κ1) is 16.8. The van der Waals surface area contributed by atoms with Gasteiger partial charge in [0.05, 0.1) is 11.3 Å². The summed E-state index contributed by atoms with van der Waals surface area (Å²) in [6.45, 7) is -2.93. The molecule has 0 amide bonds. The summed E-state index contributed by atoms with van der Waals surface area (Å²) < 4.78 is 29.5. The van der Waals surface area contributed by atoms with Gasteiger partial charge in [-0.3, -0.25) is 0 Å². The Morgan fingerprint density at radius 1 is 1.12 bits per heavy atom. The van der Waals surface area contributed by atoms with Crippen molar-refractivity contribution in [3.05, 3.63) is 70.5 Å². The van der Waals surface area contributed by atoms with Crippen molar-refractivity contribution < 1.29 is 13.5 Å². The zero-order valence-corrected chi connectivity index (χ0v) is 13.7. The Morgan fingerprint density at radius 2 is 1.84 bits per heavy atom. The molecular formula is C19H12F2N2OS. The van der Waals surface area contributed by atoms with Gasteiger partial charge < -0.3 is 4.74 Å². The van der Waals surface area contributed by atoms with Gasteiger partial charge in [0.1, 0.15) is 16.8 Å². The molecule has 3 aromatic rings. The monoisotopic (exact) mass is 354 g/mol. The quantitative estimate of drug-likeness (QED) is 0.570. The van der Waals surface area contributed by atoms with Crippen LogP contribution in [0, 0.1) is 11.3 Å². The SMILES string of the molecule is N#CC(=Cc1ccccc1OC(F)F)c1nc(-c2ccccc2)cs1. The number of hydrogen-bond donors (Lipinski definition) is 0. The number of thiazole rings is 1. The normalized spacial score (nSPS) is 11.4. The molecule has 0 bridgehead atoms. The summed E-state index contributed by atoms with van der Waals surface area (Å²) in [5, 5.41) is 11.8. The second-order valence-corrected chi connectivity index (χ2v) is 5.85. The van der Waals surface area contributed by atoms with Crippen molar-refractivity contribution >= 4 is 23.0 Å². The highest BCUT2D eigenvalue weighted by atomic mass is 32.1. The first-order chi connectivity index (χ1) is 12.2. The summed E-state index contributed by atoms with van der Waals surface area (Å²) in [6, 6.07) is 18.0. The van der Waals surface area contributed by atoms with Crippen molar-refractivity contribution in [2.75, 3.05) is 0 Å². The average molecular weight is 354 g/mol. The zero-order chi connectivity index (χ0) is 17.6. The molecule has 0 N–H and O–H groups in total. The standard InChI is InChI=1S/C19H12F2N2OS/c20-19(21)24-17-9-5-4-8-14(17)10-15(11-22)18-23-16(12-25-18)13-6-2-1-3-7-13/h1-10,12,19H. The second-order valence-electron chi connectivity index (χ2n) is 4.99. The fourth-order valence-electron chi connectivity index (χ4n) is 2.24. The van der Waals surface area contributed by atoms with Gasteiger partial charge in [-0.15, -0.1) is 11.3 Å². The third-order valence-electron chi connectivity index (χ3n) is 3.36. The molecule has 0 unspecified atom stereocenters. The number of para-hydroxylation sites is 1. The van der Waals surface area contributed by atoms with E-state index in [0.29, 0.717) is 10.6 Å². The number of allylic oxidation sites excluding steroid dienone is 1. The molecule has 124 valence electrons. The highest BCUT2D eigenvalue weighted by molar-refractivity contribution is 7.11. The van der Waals surface area contributed by atoms with Crippen LogP contribution in [0.15, 0.2) is 60.0 Å². The molecule has 0 radical (unpaired) electrons. The molecule has 0 atom stereocenters. The van der Waals surface area contributed by atoms with Crippen molar-refractivity contribution in [2.45, 2.75) is 6.61 Å². The predicted molar refractivity (Wildman–Crippen MR) is 94.1 cm³/mol. The van der Waals surface area contributed by atoms with Gasteiger partial charge in [0.2, 0.25) is 0 Å². The smallest absolute Gasteiger partial charge is 0.387 e. The number of hydrogen-bond acceptors (Lipinski definition) is 4. The van der Waals surface area contributed by atoms with Crippen molar-refractivity contribution in [2.24, 2.45) is 0 Å². The molecule has 3 nitrogen and oxygen atoms in total. The van der Waals surface area contributed by atoms with E-state index in [9.17, 15) is 14.0 Å². The summed E-state index contributed by atoms with van der Waals surface area (Å²) in [4.78, 5) is 4.48. The molecule has 6 heteroatoms. The molecule has 0 saturated heterocycles. The lowest BCUT2D eigenvalue weighted by Gasteiger charge is -2.07. The minimum absolute atomic E-state index is 0.0186. The molecule has 0 aliphatic heterocycles. The lowest BCUT2D eigenvalue weighted by Crippen LogP contribution is -2.03. The Kier molecular flexibility index (Phi) is 5.17. The molecule has 0 spiro atoms. The number of nitriles is 1. The maximum Gasteiger partial charge on any atom is 0.387 e. The van der Waals surface area contributed by atoms with Crippen LogP contribution >= 0.6 is 11.3 Å². The number of rotatable bonds is 5. The first-order valence-electron chi connectivity index (χ1n) is 7.34. The molecule has 0 fully saturated rings. The summed E-state index contributed by atoms with van der Waals surface area (Å²) in [5.41, 5.74) is 2.40. The van der Waals surface area contributed by atoms with Crippen LogP contribution in [0.25, 0.3) is 22.9 Å². The summed E-state index contributed by atoms with van der Waals surface area (Å²) in [6.07, 6.45) is 1.51. The maximum atomic E-state index is 12.5. The molecule has 3 rings (SSSR count). The Labute approximate surface area is 147 Å². The fourth-order valence-corrected chi connectivity index (χ4v) is 3.03. The number of benzene rings is 2. The first-order valence-corrected chi connectivity index (χ1v) is 8.22. The van der Waals surface area contributed by atoms with Crippen LogP contribution in [0.4, 0.5) is 8.78 Å². The van der Waals surface area contributed by atoms with E-state index in [1.807, 2.05) is 35.7 Å². The lowest BCUT2D eigenvalue weighted by molar-refractivity contribution is -0.0499. The molecule has 1 aromatic heterocycles. The average Bonchev–Trinajstić information content (AvgIpc) is 3.11. The Hall–Kier alpha value is -3.04. The van der Waals surface area contributed by atoms with Crippen molar-refractivity contribution in [1.29, 1.82) is 5.26 Å². The summed E-state index contributed by atoms with van der Waals surface area (Å²) >= 11 is 1.33. The molecule has 2 aromatic carbocycles. The van der Waals surface area contributed by atoms with Crippen LogP contribution in [0.1, 0.15) is 10.6 Å². The Bertz CT molecular complexity index is 930. The molecule has 1 heterocycles. The topological polar surface area (TPSA) is 45.9 Å². The highest BCUT2D eigenvalue weighted by Crippen LogP contribution is 2.29. The highest BCUT2D eigenvalue weighted by Gasteiger charge is 2.12. The minimum atomic E-state index is -2.93. The van der Waals surface area contributed by atoms with Crippen LogP contribution in [-0.4, -0.2) is 11.6 Å². The van der Waals surface area contributed by atoms with Gasteiger partial charge in [-0.05, 0) is 12.1 Å². The summed E-state index contributed by atoms with van der Waals surface area (Å²) in [7, 11) is 0. The fraction of sp³-hybridized carbons (Fsp3) is 0.0526. The van der Waals surface area contributed by atoms with Crippen LogP contribution in [-0.2, 0) is 0 Å². The second kappa shape index (κ2) is 7.69. The third kappa shape index (κ3) is 4.08. The molecular weight excluding hydrogens is 342 g/mol. The Balaban J connectivity index is 1.95. The van der Waals surface area contributed by atoms with E-state index in [4.69, 9.17) is 0 Å². The molecule has 0 aliphatic rings. The molecule has 25 heavy (non-hydrogen) atoms. The van der Waals surface area contributed by atoms with Gasteiger partial charge >= 0.3 is 6.61 Å². The number of nitrogens with zero attached hydrogens (tertiary/aromatic N) is 2. The van der Waals surface area contributed by atoms with Crippen molar-refractivity contribution in [1.82, 2.24) is 4.98 Å².